The van der Waals surface area contributed by atoms with Gasteiger partial charge in [-0.25, -0.2) is 5.43 Å². The Kier molecular flexibility index (Phi) is 8.16. The van der Waals surface area contributed by atoms with E-state index in [1.54, 1.807) is 12.1 Å². The molecular formula is C26H22IN3O5S. The van der Waals surface area contributed by atoms with Crippen molar-refractivity contribution in [2.75, 3.05) is 6.61 Å². The molecule has 0 aliphatic heterocycles. The molecule has 1 heterocycles. The molecule has 0 unspecified atom stereocenters. The number of non-ortho nitro benzene ring substituents is 1. The first kappa shape index (κ1) is 25.6. The standard InChI is InChI=1S/C26H22IN3O5S/c1-3-34-22-11-18(10-21(27)25(22)35-15-17-6-4-5-16(2)9-17)14-28-29-26(31)24-13-19-12-20(30(32)33)7-8-23(19)36-24/h4-14H,3,15H2,1-2H3,(H,29,31)/b28-14-. The number of hydrogen-bond acceptors (Lipinski definition) is 7. The molecule has 0 aliphatic carbocycles. The lowest BCUT2D eigenvalue weighted by Crippen LogP contribution is -2.16. The van der Waals surface area contributed by atoms with Crippen LogP contribution in [0.4, 0.5) is 5.69 Å². The van der Waals surface area contributed by atoms with Gasteiger partial charge in [0.05, 0.1) is 26.2 Å². The van der Waals surface area contributed by atoms with Crippen molar-refractivity contribution in [1.82, 2.24) is 5.43 Å². The molecule has 1 amide bonds. The van der Waals surface area contributed by atoms with E-state index in [0.717, 1.165) is 19.4 Å². The Labute approximate surface area is 225 Å². The van der Waals surface area contributed by atoms with Crippen LogP contribution < -0.4 is 14.9 Å². The van der Waals surface area contributed by atoms with E-state index in [0.29, 0.717) is 35.0 Å². The summed E-state index contributed by atoms with van der Waals surface area (Å²) in [7, 11) is 0. The molecule has 0 saturated heterocycles. The van der Waals surface area contributed by atoms with Crippen molar-refractivity contribution in [3.8, 4) is 11.5 Å². The predicted octanol–water partition coefficient (Wildman–Crippen LogP) is 6.46. The van der Waals surface area contributed by atoms with E-state index in [-0.39, 0.29) is 5.69 Å². The van der Waals surface area contributed by atoms with Crippen molar-refractivity contribution in [3.63, 3.8) is 0 Å². The number of rotatable bonds is 9. The van der Waals surface area contributed by atoms with Crippen LogP contribution >= 0.6 is 33.9 Å². The van der Waals surface area contributed by atoms with Crippen molar-refractivity contribution in [1.29, 1.82) is 0 Å². The molecule has 3 aromatic carbocycles. The minimum Gasteiger partial charge on any atom is -0.490 e. The quantitative estimate of drug-likeness (QED) is 0.101. The monoisotopic (exact) mass is 615 g/mol. The molecular weight excluding hydrogens is 593 g/mol. The Bertz CT molecular complexity index is 1470. The van der Waals surface area contributed by atoms with Gasteiger partial charge in [0.2, 0.25) is 0 Å². The number of halogens is 1. The second kappa shape index (κ2) is 11.5. The largest absolute Gasteiger partial charge is 0.490 e. The third kappa shape index (κ3) is 6.18. The molecule has 184 valence electrons. The Balaban J connectivity index is 1.46. The van der Waals surface area contributed by atoms with Crippen LogP contribution in [0.1, 0.15) is 33.3 Å². The van der Waals surface area contributed by atoms with Crippen LogP contribution in [-0.4, -0.2) is 23.7 Å². The van der Waals surface area contributed by atoms with Gasteiger partial charge in [-0.3, -0.25) is 14.9 Å². The first-order valence-electron chi connectivity index (χ1n) is 11.0. The average Bonchev–Trinajstić information content (AvgIpc) is 3.27. The minimum atomic E-state index is -0.460. The summed E-state index contributed by atoms with van der Waals surface area (Å²) < 4.78 is 13.5. The summed E-state index contributed by atoms with van der Waals surface area (Å²) in [5, 5.41) is 15.7. The highest BCUT2D eigenvalue weighted by atomic mass is 127. The van der Waals surface area contributed by atoms with Crippen molar-refractivity contribution < 1.29 is 19.2 Å². The number of nitrogens with one attached hydrogen (secondary N) is 1. The van der Waals surface area contributed by atoms with E-state index in [9.17, 15) is 14.9 Å². The normalized spacial score (nSPS) is 11.1. The molecule has 0 bridgehead atoms. The van der Waals surface area contributed by atoms with E-state index in [2.05, 4.69) is 39.2 Å². The molecule has 4 aromatic rings. The number of carbonyl (C=O) groups excluding carboxylic acids is 1. The van der Waals surface area contributed by atoms with E-state index < -0.39 is 10.8 Å². The number of nitrogens with zero attached hydrogens (tertiary/aromatic N) is 2. The van der Waals surface area contributed by atoms with Gasteiger partial charge < -0.3 is 9.47 Å². The van der Waals surface area contributed by atoms with E-state index >= 15 is 0 Å². The zero-order valence-electron chi connectivity index (χ0n) is 19.5. The molecule has 36 heavy (non-hydrogen) atoms. The topological polar surface area (TPSA) is 103 Å². The SMILES string of the molecule is CCOc1cc(/C=N\NC(=O)c2cc3cc([N+](=O)[O-])ccc3s2)cc(I)c1OCc1cccc(C)c1. The Hall–Kier alpha value is -3.51. The third-order valence-corrected chi connectivity index (χ3v) is 7.03. The molecule has 0 saturated carbocycles. The number of fused-ring (bicyclic) bond motifs is 1. The molecule has 0 fully saturated rings. The number of hydrogen-bond donors (Lipinski definition) is 1. The second-order valence-electron chi connectivity index (χ2n) is 7.83. The summed E-state index contributed by atoms with van der Waals surface area (Å²) in [5.41, 5.74) is 5.47. The zero-order chi connectivity index (χ0) is 25.7. The van der Waals surface area contributed by atoms with Gasteiger partial charge in [0.15, 0.2) is 11.5 Å². The Morgan fingerprint density at radius 2 is 2.00 bits per heavy atom. The molecule has 4 rings (SSSR count). The molecule has 0 radical (unpaired) electrons. The second-order valence-corrected chi connectivity index (χ2v) is 10.1. The fourth-order valence-electron chi connectivity index (χ4n) is 3.50. The van der Waals surface area contributed by atoms with Gasteiger partial charge in [0, 0.05) is 22.2 Å². The lowest BCUT2D eigenvalue weighted by Gasteiger charge is -2.15. The first-order chi connectivity index (χ1) is 17.3. The van der Waals surface area contributed by atoms with E-state index in [1.165, 1.54) is 35.2 Å². The van der Waals surface area contributed by atoms with Crippen molar-refractivity contribution in [2.45, 2.75) is 20.5 Å². The summed E-state index contributed by atoms with van der Waals surface area (Å²) in [6.07, 6.45) is 1.53. The summed E-state index contributed by atoms with van der Waals surface area (Å²) in [6, 6.07) is 18.0. The van der Waals surface area contributed by atoms with Gasteiger partial charge in [-0.2, -0.15) is 5.10 Å². The molecule has 10 heteroatoms. The molecule has 8 nitrogen and oxygen atoms in total. The number of carbonyl (C=O) groups is 1. The number of hydrazone groups is 1. The van der Waals surface area contributed by atoms with Crippen molar-refractivity contribution in [2.24, 2.45) is 5.10 Å². The highest BCUT2D eigenvalue weighted by molar-refractivity contribution is 14.1. The van der Waals surface area contributed by atoms with Crippen LogP contribution in [0.2, 0.25) is 0 Å². The van der Waals surface area contributed by atoms with Crippen LogP contribution in [-0.2, 0) is 6.61 Å². The van der Waals surface area contributed by atoms with Gasteiger partial charge >= 0.3 is 0 Å². The van der Waals surface area contributed by atoms with Gasteiger partial charge in [-0.05, 0) is 71.8 Å². The van der Waals surface area contributed by atoms with E-state index in [4.69, 9.17) is 9.47 Å². The third-order valence-electron chi connectivity index (χ3n) is 5.11. The Morgan fingerprint density at radius 3 is 2.75 bits per heavy atom. The number of thiophene rings is 1. The maximum absolute atomic E-state index is 12.6. The number of amides is 1. The van der Waals surface area contributed by atoms with Gasteiger partial charge in [-0.15, -0.1) is 11.3 Å². The number of ether oxygens (including phenoxy) is 2. The van der Waals surface area contributed by atoms with Crippen LogP contribution in [0.25, 0.3) is 10.1 Å². The maximum atomic E-state index is 12.6. The Morgan fingerprint density at radius 1 is 1.17 bits per heavy atom. The van der Waals surface area contributed by atoms with Gasteiger partial charge in [0.25, 0.3) is 11.6 Å². The smallest absolute Gasteiger partial charge is 0.281 e. The fraction of sp³-hybridized carbons (Fsp3) is 0.154. The average molecular weight is 615 g/mol. The maximum Gasteiger partial charge on any atom is 0.281 e. The van der Waals surface area contributed by atoms with Crippen molar-refractivity contribution in [3.05, 3.63) is 95.9 Å². The molecule has 1 aromatic heterocycles. The lowest BCUT2D eigenvalue weighted by molar-refractivity contribution is -0.384. The lowest BCUT2D eigenvalue weighted by atomic mass is 10.1. The molecule has 1 N–H and O–H groups in total. The van der Waals surface area contributed by atoms with Crippen LogP contribution in [0.15, 0.2) is 65.8 Å². The van der Waals surface area contributed by atoms with Crippen LogP contribution in [0, 0.1) is 20.6 Å². The summed E-state index contributed by atoms with van der Waals surface area (Å²) in [4.78, 5) is 23.5. The fourth-order valence-corrected chi connectivity index (χ4v) is 5.21. The summed E-state index contributed by atoms with van der Waals surface area (Å²) in [6.45, 7) is 4.83. The van der Waals surface area contributed by atoms with Gasteiger partial charge in [0.1, 0.15) is 6.61 Å². The number of nitro groups is 1. The predicted molar refractivity (Wildman–Crippen MR) is 149 cm³/mol. The number of nitro benzene ring substituents is 1. The first-order valence-corrected chi connectivity index (χ1v) is 12.9. The zero-order valence-corrected chi connectivity index (χ0v) is 22.5. The highest BCUT2D eigenvalue weighted by Gasteiger charge is 2.14. The number of benzene rings is 3. The summed E-state index contributed by atoms with van der Waals surface area (Å²) in [5.74, 6) is 0.850. The highest BCUT2D eigenvalue weighted by Crippen LogP contribution is 2.34. The van der Waals surface area contributed by atoms with Crippen molar-refractivity contribution >= 4 is 61.8 Å². The minimum absolute atomic E-state index is 0.0173. The van der Waals surface area contributed by atoms with Crippen LogP contribution in [0.3, 0.4) is 0 Å². The van der Waals surface area contributed by atoms with Crippen LogP contribution in [0.5, 0.6) is 11.5 Å². The molecule has 0 spiro atoms. The van der Waals surface area contributed by atoms with E-state index in [1.807, 2.05) is 44.2 Å². The summed E-state index contributed by atoms with van der Waals surface area (Å²) >= 11 is 3.43. The van der Waals surface area contributed by atoms with Gasteiger partial charge in [-0.1, -0.05) is 29.8 Å². The molecule has 0 atom stereocenters. The molecule has 0 aliphatic rings. The number of aryl methyl sites for hydroxylation is 1.